The third-order valence-electron chi connectivity index (χ3n) is 3.88. The van der Waals surface area contributed by atoms with Gasteiger partial charge in [0.1, 0.15) is 6.07 Å². The Bertz CT molecular complexity index is 602. The first kappa shape index (κ1) is 17.1. The first-order valence-corrected chi connectivity index (χ1v) is 7.54. The fourth-order valence-electron chi connectivity index (χ4n) is 2.67. The Morgan fingerprint density at radius 1 is 1.26 bits per heavy atom. The highest BCUT2D eigenvalue weighted by molar-refractivity contribution is 5.81. The number of anilines is 1. The summed E-state index contributed by atoms with van der Waals surface area (Å²) in [6.45, 7) is -0.0729. The number of amides is 1. The van der Waals surface area contributed by atoms with Crippen molar-refractivity contribution in [3.63, 3.8) is 0 Å². The lowest BCUT2D eigenvalue weighted by atomic mass is 9.95. The Balaban J connectivity index is 1.94. The number of benzene rings is 1. The molecule has 4 nitrogen and oxygen atoms in total. The fourth-order valence-corrected chi connectivity index (χ4v) is 2.67. The molecule has 124 valence electrons. The van der Waals surface area contributed by atoms with E-state index in [2.05, 4.69) is 10.6 Å². The van der Waals surface area contributed by atoms with Crippen LogP contribution in [0.1, 0.15) is 43.2 Å². The molecule has 1 aromatic rings. The number of carbonyl (C=O) groups is 1. The zero-order chi connectivity index (χ0) is 16.9. The Kier molecular flexibility index (Phi) is 5.48. The van der Waals surface area contributed by atoms with E-state index in [0.29, 0.717) is 0 Å². The maximum absolute atomic E-state index is 12.6. The molecule has 1 aliphatic rings. The van der Waals surface area contributed by atoms with Crippen LogP contribution in [0, 0.1) is 11.3 Å². The highest BCUT2D eigenvalue weighted by atomic mass is 19.4. The predicted molar refractivity (Wildman–Crippen MR) is 79.7 cm³/mol. The molecule has 1 saturated carbocycles. The number of hydrogen-bond acceptors (Lipinski definition) is 3. The zero-order valence-electron chi connectivity index (χ0n) is 12.5. The summed E-state index contributed by atoms with van der Waals surface area (Å²) in [5.41, 5.74) is -0.796. The number of rotatable bonds is 4. The van der Waals surface area contributed by atoms with Crippen LogP contribution in [0.15, 0.2) is 18.2 Å². The molecule has 0 spiro atoms. The highest BCUT2D eigenvalue weighted by Crippen LogP contribution is 2.31. The smallest absolute Gasteiger partial charge is 0.375 e. The third kappa shape index (κ3) is 4.88. The first-order chi connectivity index (χ1) is 10.9. The molecule has 0 saturated heterocycles. The normalized spacial score (nSPS) is 15.7. The van der Waals surface area contributed by atoms with E-state index in [1.54, 1.807) is 6.07 Å². The first-order valence-electron chi connectivity index (χ1n) is 7.54. The molecule has 0 radical (unpaired) electrons. The second-order valence-electron chi connectivity index (χ2n) is 5.63. The van der Waals surface area contributed by atoms with E-state index in [-0.39, 0.29) is 29.7 Å². The Labute approximate surface area is 132 Å². The van der Waals surface area contributed by atoms with Crippen LogP contribution in [-0.4, -0.2) is 18.5 Å². The summed E-state index contributed by atoms with van der Waals surface area (Å²) in [6.07, 6.45) is 0.779. The molecule has 7 heteroatoms. The van der Waals surface area contributed by atoms with Gasteiger partial charge in [0, 0.05) is 6.04 Å². The lowest BCUT2D eigenvalue weighted by Gasteiger charge is -2.23. The van der Waals surface area contributed by atoms with E-state index in [9.17, 15) is 18.0 Å². The number of halogens is 3. The van der Waals surface area contributed by atoms with Gasteiger partial charge in [-0.05, 0) is 31.0 Å². The van der Waals surface area contributed by atoms with Crippen molar-refractivity contribution in [2.45, 2.75) is 44.3 Å². The predicted octanol–water partition coefficient (Wildman–Crippen LogP) is 3.44. The summed E-state index contributed by atoms with van der Waals surface area (Å²) in [4.78, 5) is 11.9. The van der Waals surface area contributed by atoms with Crippen molar-refractivity contribution in [3.05, 3.63) is 29.3 Å². The number of nitriles is 1. The molecule has 0 heterocycles. The molecule has 0 atom stereocenters. The number of carbonyl (C=O) groups excluding carboxylic acids is 1. The fraction of sp³-hybridized carbons (Fsp3) is 0.500. The van der Waals surface area contributed by atoms with Crippen LogP contribution in [0.5, 0.6) is 0 Å². The van der Waals surface area contributed by atoms with Crippen molar-refractivity contribution in [2.24, 2.45) is 0 Å². The summed E-state index contributed by atoms with van der Waals surface area (Å²) in [7, 11) is 0. The molecule has 1 amide bonds. The molecule has 23 heavy (non-hydrogen) atoms. The standard InChI is InChI=1S/C16H18F3N3O/c17-16(18,19)12-6-7-14(11(8-12)9-20)21-10-15(23)22-13-4-2-1-3-5-13/h6-8,13,21H,1-5,10H2,(H,22,23). The lowest BCUT2D eigenvalue weighted by molar-refractivity contribution is -0.137. The summed E-state index contributed by atoms with van der Waals surface area (Å²) in [5, 5.41) is 14.6. The van der Waals surface area contributed by atoms with E-state index in [1.165, 1.54) is 12.5 Å². The van der Waals surface area contributed by atoms with Crippen molar-refractivity contribution in [2.75, 3.05) is 11.9 Å². The Hall–Kier alpha value is -2.23. The van der Waals surface area contributed by atoms with E-state index < -0.39 is 11.7 Å². The summed E-state index contributed by atoms with van der Waals surface area (Å²) >= 11 is 0. The van der Waals surface area contributed by atoms with Crippen LogP contribution in [-0.2, 0) is 11.0 Å². The van der Waals surface area contributed by atoms with E-state index >= 15 is 0 Å². The van der Waals surface area contributed by atoms with Crippen LogP contribution in [0.25, 0.3) is 0 Å². The van der Waals surface area contributed by atoms with E-state index in [4.69, 9.17) is 5.26 Å². The van der Waals surface area contributed by atoms with Gasteiger partial charge < -0.3 is 10.6 Å². The van der Waals surface area contributed by atoms with Gasteiger partial charge in [0.2, 0.25) is 5.91 Å². The van der Waals surface area contributed by atoms with Crippen LogP contribution in [0.4, 0.5) is 18.9 Å². The van der Waals surface area contributed by atoms with Gasteiger partial charge in [0.15, 0.2) is 0 Å². The van der Waals surface area contributed by atoms with E-state index in [1.807, 2.05) is 0 Å². The van der Waals surface area contributed by atoms with Crippen molar-refractivity contribution in [3.8, 4) is 6.07 Å². The molecule has 0 aliphatic heterocycles. The number of nitrogens with zero attached hydrogens (tertiary/aromatic N) is 1. The molecule has 2 rings (SSSR count). The minimum Gasteiger partial charge on any atom is -0.375 e. The second kappa shape index (κ2) is 7.36. The molecule has 1 fully saturated rings. The molecule has 0 unspecified atom stereocenters. The van der Waals surface area contributed by atoms with E-state index in [0.717, 1.165) is 37.8 Å². The SMILES string of the molecule is N#Cc1cc(C(F)(F)F)ccc1NCC(=O)NC1CCCCC1. The van der Waals surface area contributed by atoms with Crippen molar-refractivity contribution in [1.82, 2.24) is 5.32 Å². The molecular formula is C16H18F3N3O. The Morgan fingerprint density at radius 3 is 2.57 bits per heavy atom. The second-order valence-corrected chi connectivity index (χ2v) is 5.63. The Morgan fingerprint density at radius 2 is 1.96 bits per heavy atom. The van der Waals surface area contributed by atoms with Crippen LogP contribution in [0.2, 0.25) is 0 Å². The molecule has 0 aromatic heterocycles. The van der Waals surface area contributed by atoms with Gasteiger partial charge in [-0.2, -0.15) is 18.4 Å². The zero-order valence-corrected chi connectivity index (χ0v) is 12.5. The van der Waals surface area contributed by atoms with Gasteiger partial charge in [-0.15, -0.1) is 0 Å². The molecule has 0 bridgehead atoms. The maximum Gasteiger partial charge on any atom is 0.416 e. The van der Waals surface area contributed by atoms with Gasteiger partial charge >= 0.3 is 6.18 Å². The van der Waals surface area contributed by atoms with Gasteiger partial charge in [-0.25, -0.2) is 0 Å². The summed E-state index contributed by atoms with van der Waals surface area (Å²) in [5.74, 6) is -0.222. The maximum atomic E-state index is 12.6. The topological polar surface area (TPSA) is 64.9 Å². The monoisotopic (exact) mass is 325 g/mol. The molecule has 2 N–H and O–H groups in total. The minimum atomic E-state index is -4.50. The van der Waals surface area contributed by atoms with Crippen LogP contribution in [0.3, 0.4) is 0 Å². The number of hydrogen-bond donors (Lipinski definition) is 2. The average Bonchev–Trinajstić information content (AvgIpc) is 2.52. The molecule has 1 aromatic carbocycles. The highest BCUT2D eigenvalue weighted by Gasteiger charge is 2.31. The largest absolute Gasteiger partial charge is 0.416 e. The van der Waals surface area contributed by atoms with Crippen LogP contribution < -0.4 is 10.6 Å². The molecular weight excluding hydrogens is 307 g/mol. The summed E-state index contributed by atoms with van der Waals surface area (Å²) < 4.78 is 37.8. The summed E-state index contributed by atoms with van der Waals surface area (Å²) in [6, 6.07) is 4.73. The van der Waals surface area contributed by atoms with Gasteiger partial charge in [-0.1, -0.05) is 19.3 Å². The third-order valence-corrected chi connectivity index (χ3v) is 3.88. The number of alkyl halides is 3. The minimum absolute atomic E-state index is 0.0729. The van der Waals surface area contributed by atoms with Gasteiger partial charge in [0.25, 0.3) is 0 Å². The molecule has 1 aliphatic carbocycles. The van der Waals surface area contributed by atoms with Gasteiger partial charge in [-0.3, -0.25) is 4.79 Å². The van der Waals surface area contributed by atoms with Gasteiger partial charge in [0.05, 0.1) is 23.4 Å². The van der Waals surface area contributed by atoms with Crippen molar-refractivity contribution >= 4 is 11.6 Å². The van der Waals surface area contributed by atoms with Crippen molar-refractivity contribution in [1.29, 1.82) is 5.26 Å². The lowest BCUT2D eigenvalue weighted by Crippen LogP contribution is -2.39. The number of nitrogens with one attached hydrogen (secondary N) is 2. The van der Waals surface area contributed by atoms with Crippen molar-refractivity contribution < 1.29 is 18.0 Å². The van der Waals surface area contributed by atoms with Crippen LogP contribution >= 0.6 is 0 Å². The quantitative estimate of drug-likeness (QED) is 0.891. The average molecular weight is 325 g/mol.